The fourth-order valence-electron chi connectivity index (χ4n) is 1.68. The summed E-state index contributed by atoms with van der Waals surface area (Å²) in [6, 6.07) is 5.40. The van der Waals surface area contributed by atoms with Crippen LogP contribution < -0.4 is 5.32 Å². The van der Waals surface area contributed by atoms with E-state index in [1.165, 1.54) is 0 Å². The number of anilines is 1. The molecular weight excluding hydrogens is 257 g/mol. The average Bonchev–Trinajstić information content (AvgIpc) is 2.53. The minimum Gasteiger partial charge on any atom is -0.381 e. The maximum absolute atomic E-state index is 5.93. The molecule has 0 saturated carbocycles. The number of nitrogens with one attached hydrogen (secondary N) is 1. The highest BCUT2D eigenvalue weighted by molar-refractivity contribution is 6.35. The van der Waals surface area contributed by atoms with Crippen molar-refractivity contribution in [2.75, 3.05) is 5.32 Å². The minimum absolute atomic E-state index is 0.628. The Labute approximate surface area is 110 Å². The summed E-state index contributed by atoms with van der Waals surface area (Å²) in [4.78, 5) is 0. The molecule has 1 aromatic carbocycles. The molecule has 1 heterocycles. The molecule has 0 atom stereocenters. The van der Waals surface area contributed by atoms with Crippen molar-refractivity contribution in [3.63, 3.8) is 0 Å². The first-order valence-corrected chi connectivity index (χ1v) is 5.99. The molecule has 0 aliphatic heterocycles. The number of benzene rings is 1. The van der Waals surface area contributed by atoms with E-state index >= 15 is 0 Å². The second-order valence-electron chi connectivity index (χ2n) is 3.93. The summed E-state index contributed by atoms with van der Waals surface area (Å²) in [6.45, 7) is 2.69. The molecule has 17 heavy (non-hydrogen) atoms. The van der Waals surface area contributed by atoms with Crippen molar-refractivity contribution in [3.05, 3.63) is 45.7 Å². The summed E-state index contributed by atoms with van der Waals surface area (Å²) in [7, 11) is 1.91. The molecule has 2 rings (SSSR count). The van der Waals surface area contributed by atoms with Crippen molar-refractivity contribution in [2.24, 2.45) is 7.05 Å². The maximum atomic E-state index is 5.93. The van der Waals surface area contributed by atoms with Crippen LogP contribution in [0.4, 0.5) is 5.69 Å². The molecule has 1 N–H and O–H groups in total. The number of nitrogens with zero attached hydrogens (tertiary/aromatic N) is 2. The number of halogens is 2. The average molecular weight is 270 g/mol. The number of aromatic nitrogens is 2. The summed E-state index contributed by atoms with van der Waals surface area (Å²) in [5, 5.41) is 8.81. The Kier molecular flexibility index (Phi) is 3.60. The first kappa shape index (κ1) is 12.3. The Morgan fingerprint density at radius 3 is 2.41 bits per heavy atom. The fraction of sp³-hybridized carbons (Fsp3) is 0.250. The van der Waals surface area contributed by atoms with Gasteiger partial charge in [0.05, 0.1) is 5.69 Å². The highest BCUT2D eigenvalue weighted by atomic mass is 35.5. The lowest BCUT2D eigenvalue weighted by molar-refractivity contribution is 0.756. The zero-order valence-corrected chi connectivity index (χ0v) is 11.2. The third kappa shape index (κ3) is 3.14. The Morgan fingerprint density at radius 1 is 1.24 bits per heavy atom. The van der Waals surface area contributed by atoms with Gasteiger partial charge >= 0.3 is 0 Å². The molecule has 3 nitrogen and oxygen atoms in total. The lowest BCUT2D eigenvalue weighted by Gasteiger charge is -2.06. The Morgan fingerprint density at radius 2 is 1.88 bits per heavy atom. The number of aryl methyl sites for hydroxylation is 2. The van der Waals surface area contributed by atoms with Crippen LogP contribution in [0.1, 0.15) is 11.3 Å². The smallest absolute Gasteiger partial charge is 0.0643 e. The van der Waals surface area contributed by atoms with Gasteiger partial charge in [0.2, 0.25) is 0 Å². The molecule has 5 heteroatoms. The highest BCUT2D eigenvalue weighted by Gasteiger charge is 2.03. The van der Waals surface area contributed by atoms with Crippen LogP contribution in [-0.2, 0) is 13.6 Å². The number of hydrogen-bond acceptors (Lipinski definition) is 2. The van der Waals surface area contributed by atoms with Crippen LogP contribution in [-0.4, -0.2) is 9.78 Å². The van der Waals surface area contributed by atoms with Crippen molar-refractivity contribution >= 4 is 28.9 Å². The Hall–Kier alpha value is -1.19. The van der Waals surface area contributed by atoms with Crippen LogP contribution in [0, 0.1) is 6.92 Å². The predicted molar refractivity (Wildman–Crippen MR) is 71.7 cm³/mol. The van der Waals surface area contributed by atoms with E-state index in [1.807, 2.05) is 32.3 Å². The van der Waals surface area contributed by atoms with E-state index in [2.05, 4.69) is 10.4 Å². The molecule has 0 saturated heterocycles. The van der Waals surface area contributed by atoms with Gasteiger partial charge in [-0.2, -0.15) is 5.10 Å². The van der Waals surface area contributed by atoms with Gasteiger partial charge in [0.1, 0.15) is 0 Å². The second-order valence-corrected chi connectivity index (χ2v) is 4.80. The molecule has 0 aliphatic carbocycles. The van der Waals surface area contributed by atoms with Crippen LogP contribution in [0.15, 0.2) is 24.4 Å². The van der Waals surface area contributed by atoms with E-state index in [-0.39, 0.29) is 0 Å². The molecule has 1 aromatic heterocycles. The Balaban J connectivity index is 2.09. The van der Waals surface area contributed by atoms with Gasteiger partial charge < -0.3 is 5.32 Å². The molecule has 90 valence electrons. The summed E-state index contributed by atoms with van der Waals surface area (Å²) in [5.41, 5.74) is 3.09. The quantitative estimate of drug-likeness (QED) is 0.922. The monoisotopic (exact) mass is 269 g/mol. The van der Waals surface area contributed by atoms with Gasteiger partial charge in [0.15, 0.2) is 0 Å². The van der Waals surface area contributed by atoms with E-state index in [1.54, 1.807) is 10.7 Å². The summed E-state index contributed by atoms with van der Waals surface area (Å²) in [6.07, 6.45) is 1.99. The molecule has 0 amide bonds. The minimum atomic E-state index is 0.628. The van der Waals surface area contributed by atoms with Crippen molar-refractivity contribution in [3.8, 4) is 0 Å². The molecule has 0 unspecified atom stereocenters. The molecular formula is C12H13Cl2N3. The molecule has 0 fully saturated rings. The maximum Gasteiger partial charge on any atom is 0.0643 e. The van der Waals surface area contributed by atoms with Crippen molar-refractivity contribution < 1.29 is 0 Å². The van der Waals surface area contributed by atoms with Gasteiger partial charge in [-0.05, 0) is 25.1 Å². The zero-order valence-electron chi connectivity index (χ0n) is 9.67. The molecule has 2 aromatic rings. The molecule has 0 radical (unpaired) electrons. The van der Waals surface area contributed by atoms with E-state index in [9.17, 15) is 0 Å². The third-order valence-electron chi connectivity index (χ3n) is 2.46. The zero-order chi connectivity index (χ0) is 12.4. The topological polar surface area (TPSA) is 29.9 Å². The van der Waals surface area contributed by atoms with Gasteiger partial charge in [-0.1, -0.05) is 23.2 Å². The predicted octanol–water partition coefficient (Wildman–Crippen LogP) is 3.65. The molecule has 0 bridgehead atoms. The summed E-state index contributed by atoms with van der Waals surface area (Å²) >= 11 is 11.9. The second kappa shape index (κ2) is 4.98. The van der Waals surface area contributed by atoms with Crippen LogP contribution in [0.5, 0.6) is 0 Å². The standard InChI is InChI=1S/C12H13Cl2N3/c1-8-9(7-17(2)16-8)6-15-12-4-10(13)3-11(14)5-12/h3-5,7,15H,6H2,1-2H3. The van der Waals surface area contributed by atoms with E-state index in [4.69, 9.17) is 23.2 Å². The van der Waals surface area contributed by atoms with Crippen molar-refractivity contribution in [1.29, 1.82) is 0 Å². The normalized spacial score (nSPS) is 10.6. The first-order valence-electron chi connectivity index (χ1n) is 5.23. The fourth-order valence-corrected chi connectivity index (χ4v) is 2.20. The highest BCUT2D eigenvalue weighted by Crippen LogP contribution is 2.23. The van der Waals surface area contributed by atoms with Crippen LogP contribution in [0.3, 0.4) is 0 Å². The van der Waals surface area contributed by atoms with Gasteiger partial charge in [-0.3, -0.25) is 4.68 Å². The lowest BCUT2D eigenvalue weighted by Crippen LogP contribution is -1.99. The van der Waals surface area contributed by atoms with Crippen molar-refractivity contribution in [1.82, 2.24) is 9.78 Å². The number of hydrogen-bond donors (Lipinski definition) is 1. The van der Waals surface area contributed by atoms with Gasteiger partial charge in [-0.25, -0.2) is 0 Å². The lowest BCUT2D eigenvalue weighted by atomic mass is 10.2. The van der Waals surface area contributed by atoms with Crippen LogP contribution in [0.2, 0.25) is 10.0 Å². The van der Waals surface area contributed by atoms with E-state index < -0.39 is 0 Å². The third-order valence-corrected chi connectivity index (χ3v) is 2.90. The van der Waals surface area contributed by atoms with Gasteiger partial charge in [0.25, 0.3) is 0 Å². The van der Waals surface area contributed by atoms with Gasteiger partial charge in [-0.15, -0.1) is 0 Å². The SMILES string of the molecule is Cc1nn(C)cc1CNc1cc(Cl)cc(Cl)c1. The van der Waals surface area contributed by atoms with Crippen molar-refractivity contribution in [2.45, 2.75) is 13.5 Å². The first-order chi connectivity index (χ1) is 8.04. The largest absolute Gasteiger partial charge is 0.381 e. The van der Waals surface area contributed by atoms with Gasteiger partial charge in [0, 0.05) is 41.1 Å². The molecule has 0 spiro atoms. The number of rotatable bonds is 3. The Bertz CT molecular complexity index is 514. The van der Waals surface area contributed by atoms with Crippen LogP contribution in [0.25, 0.3) is 0 Å². The van der Waals surface area contributed by atoms with E-state index in [0.29, 0.717) is 16.6 Å². The van der Waals surface area contributed by atoms with Crippen LogP contribution >= 0.6 is 23.2 Å². The summed E-state index contributed by atoms with van der Waals surface area (Å²) in [5.74, 6) is 0. The molecule has 0 aliphatic rings. The summed E-state index contributed by atoms with van der Waals surface area (Å²) < 4.78 is 1.80. The van der Waals surface area contributed by atoms with E-state index in [0.717, 1.165) is 16.9 Å².